The maximum absolute atomic E-state index is 11.1. The highest BCUT2D eigenvalue weighted by Crippen LogP contribution is 2.21. The van der Waals surface area contributed by atoms with Gasteiger partial charge in [0.2, 0.25) is 5.91 Å². The number of amides is 1. The fourth-order valence-electron chi connectivity index (χ4n) is 3.02. The summed E-state index contributed by atoms with van der Waals surface area (Å²) in [4.78, 5) is 26.8. The van der Waals surface area contributed by atoms with Crippen LogP contribution < -0.4 is 5.32 Å². The number of nitrogens with one attached hydrogen (secondary N) is 1. The normalized spacial score (nSPS) is 18.2. The van der Waals surface area contributed by atoms with Crippen LogP contribution in [-0.2, 0) is 22.6 Å². The molecule has 3 rings (SSSR count). The largest absolute Gasteiger partial charge is 0.368 e. The summed E-state index contributed by atoms with van der Waals surface area (Å²) in [6, 6.07) is 2.19. The molecule has 1 saturated heterocycles. The Balaban J connectivity index is 1.65. The Labute approximate surface area is 153 Å². The zero-order chi connectivity index (χ0) is 18.5. The van der Waals surface area contributed by atoms with E-state index in [4.69, 9.17) is 4.74 Å². The number of aromatic nitrogens is 4. The first-order chi connectivity index (χ1) is 12.5. The molecule has 1 aliphatic heterocycles. The molecule has 8 nitrogen and oxygen atoms in total. The summed E-state index contributed by atoms with van der Waals surface area (Å²) >= 11 is 0. The lowest BCUT2D eigenvalue weighted by Crippen LogP contribution is -2.39. The van der Waals surface area contributed by atoms with Crippen molar-refractivity contribution in [1.82, 2.24) is 29.7 Å². The van der Waals surface area contributed by atoms with Crippen LogP contribution in [0.15, 0.2) is 24.7 Å². The van der Waals surface area contributed by atoms with Crippen molar-refractivity contribution in [3.05, 3.63) is 42.0 Å². The van der Waals surface area contributed by atoms with E-state index in [0.29, 0.717) is 31.6 Å². The van der Waals surface area contributed by atoms with Crippen LogP contribution in [0.3, 0.4) is 0 Å². The van der Waals surface area contributed by atoms with E-state index in [0.717, 1.165) is 24.6 Å². The predicted octanol–water partition coefficient (Wildman–Crippen LogP) is 1.46. The third kappa shape index (κ3) is 4.64. The monoisotopic (exact) mass is 358 g/mol. The number of nitrogens with zero attached hydrogens (tertiary/aromatic N) is 5. The van der Waals surface area contributed by atoms with Gasteiger partial charge in [-0.1, -0.05) is 0 Å². The van der Waals surface area contributed by atoms with Crippen molar-refractivity contribution in [1.29, 1.82) is 0 Å². The molecular formula is C18H26N6O2. The Hall–Kier alpha value is -2.32. The van der Waals surface area contributed by atoms with Crippen LogP contribution in [0.2, 0.25) is 0 Å². The van der Waals surface area contributed by atoms with Gasteiger partial charge in [-0.3, -0.25) is 9.69 Å². The van der Waals surface area contributed by atoms with Gasteiger partial charge in [0.1, 0.15) is 11.9 Å². The first-order valence-corrected chi connectivity index (χ1v) is 8.95. The first-order valence-electron chi connectivity index (χ1n) is 8.95. The highest BCUT2D eigenvalue weighted by Gasteiger charge is 2.25. The lowest BCUT2D eigenvalue weighted by atomic mass is 10.2. The lowest BCUT2D eigenvalue weighted by molar-refractivity contribution is -0.119. The molecule has 1 N–H and O–H groups in total. The molecule has 1 amide bonds. The Bertz CT molecular complexity index is 745. The van der Waals surface area contributed by atoms with Gasteiger partial charge in [0.25, 0.3) is 0 Å². The molecule has 3 heterocycles. The number of ether oxygens (including phenoxy) is 1. The number of rotatable bonds is 6. The Kier molecular flexibility index (Phi) is 5.95. The van der Waals surface area contributed by atoms with E-state index in [9.17, 15) is 4.79 Å². The summed E-state index contributed by atoms with van der Waals surface area (Å²) in [5.41, 5.74) is 0.779. The summed E-state index contributed by atoms with van der Waals surface area (Å²) in [5, 5.41) is 2.76. The number of imidazole rings is 1. The number of morpholine rings is 1. The minimum atomic E-state index is -0.177. The molecule has 0 saturated carbocycles. The Morgan fingerprint density at radius 1 is 1.38 bits per heavy atom. The third-order valence-corrected chi connectivity index (χ3v) is 4.36. The highest BCUT2D eigenvalue weighted by molar-refractivity contribution is 5.72. The molecule has 8 heteroatoms. The van der Waals surface area contributed by atoms with Crippen LogP contribution in [0.25, 0.3) is 0 Å². The molecule has 140 valence electrons. The van der Waals surface area contributed by atoms with Gasteiger partial charge in [0, 0.05) is 44.6 Å². The second kappa shape index (κ2) is 8.37. The molecule has 1 unspecified atom stereocenters. The highest BCUT2D eigenvalue weighted by atomic mass is 16.5. The molecule has 0 radical (unpaired) electrons. The summed E-state index contributed by atoms with van der Waals surface area (Å²) in [6.07, 6.45) is 5.41. The van der Waals surface area contributed by atoms with E-state index in [1.165, 1.54) is 6.92 Å². The van der Waals surface area contributed by atoms with Gasteiger partial charge in [-0.05, 0) is 19.9 Å². The van der Waals surface area contributed by atoms with Crippen molar-refractivity contribution >= 4 is 5.91 Å². The van der Waals surface area contributed by atoms with Gasteiger partial charge in [-0.2, -0.15) is 0 Å². The van der Waals surface area contributed by atoms with Gasteiger partial charge >= 0.3 is 0 Å². The topological polar surface area (TPSA) is 85.2 Å². The molecule has 1 aliphatic rings. The maximum atomic E-state index is 11.1. The van der Waals surface area contributed by atoms with Crippen LogP contribution in [0.1, 0.15) is 50.3 Å². The van der Waals surface area contributed by atoms with Crippen molar-refractivity contribution < 1.29 is 9.53 Å². The fraction of sp³-hybridized carbons (Fsp3) is 0.556. The van der Waals surface area contributed by atoms with Crippen molar-refractivity contribution in [2.45, 2.75) is 46.0 Å². The minimum Gasteiger partial charge on any atom is -0.368 e. The van der Waals surface area contributed by atoms with Gasteiger partial charge < -0.3 is 14.6 Å². The molecule has 2 aromatic rings. The van der Waals surface area contributed by atoms with Gasteiger partial charge in [-0.25, -0.2) is 15.0 Å². The van der Waals surface area contributed by atoms with E-state index in [1.807, 2.05) is 12.4 Å². The molecule has 1 atom stereocenters. The second-order valence-electron chi connectivity index (χ2n) is 6.75. The molecule has 2 aromatic heterocycles. The molecule has 0 spiro atoms. The number of carbonyl (C=O) groups excluding carboxylic acids is 1. The van der Waals surface area contributed by atoms with E-state index < -0.39 is 0 Å². The Morgan fingerprint density at radius 2 is 2.23 bits per heavy atom. The van der Waals surface area contributed by atoms with Crippen molar-refractivity contribution in [2.24, 2.45) is 0 Å². The van der Waals surface area contributed by atoms with E-state index >= 15 is 0 Å². The summed E-state index contributed by atoms with van der Waals surface area (Å²) < 4.78 is 8.08. The zero-order valence-corrected chi connectivity index (χ0v) is 15.6. The van der Waals surface area contributed by atoms with E-state index in [2.05, 4.69) is 43.6 Å². The molecule has 1 fully saturated rings. The third-order valence-electron chi connectivity index (χ3n) is 4.36. The van der Waals surface area contributed by atoms with Crippen LogP contribution in [0.4, 0.5) is 0 Å². The average Bonchev–Trinajstić information content (AvgIpc) is 3.09. The van der Waals surface area contributed by atoms with Crippen molar-refractivity contribution in [3.63, 3.8) is 0 Å². The van der Waals surface area contributed by atoms with Crippen LogP contribution in [0, 0.1) is 0 Å². The number of carbonyl (C=O) groups is 1. The average molecular weight is 358 g/mol. The van der Waals surface area contributed by atoms with E-state index in [-0.39, 0.29) is 12.0 Å². The smallest absolute Gasteiger partial charge is 0.217 e. The first kappa shape index (κ1) is 18.5. The van der Waals surface area contributed by atoms with Crippen LogP contribution >= 0.6 is 0 Å². The maximum Gasteiger partial charge on any atom is 0.217 e. The summed E-state index contributed by atoms with van der Waals surface area (Å²) in [7, 11) is 0. The summed E-state index contributed by atoms with van der Waals surface area (Å²) in [5.74, 6) is 1.64. The minimum absolute atomic E-state index is 0.0779. The molecular weight excluding hydrogens is 332 g/mol. The van der Waals surface area contributed by atoms with Gasteiger partial charge in [0.15, 0.2) is 5.82 Å². The lowest BCUT2D eigenvalue weighted by Gasteiger charge is -2.32. The van der Waals surface area contributed by atoms with Gasteiger partial charge in [0.05, 0.1) is 25.4 Å². The zero-order valence-electron chi connectivity index (χ0n) is 15.6. The number of hydrogen-bond donors (Lipinski definition) is 1. The van der Waals surface area contributed by atoms with Crippen LogP contribution in [0.5, 0.6) is 0 Å². The SMILES string of the molecule is CC(=O)NCc1ccnc(C2CN(Cc3nccn3C(C)C)CCO2)n1. The number of hydrogen-bond acceptors (Lipinski definition) is 6. The van der Waals surface area contributed by atoms with Crippen molar-refractivity contribution in [2.75, 3.05) is 19.7 Å². The second-order valence-corrected chi connectivity index (χ2v) is 6.75. The molecule has 26 heavy (non-hydrogen) atoms. The Morgan fingerprint density at radius 3 is 3.00 bits per heavy atom. The predicted molar refractivity (Wildman–Crippen MR) is 96.1 cm³/mol. The fourth-order valence-corrected chi connectivity index (χ4v) is 3.02. The quantitative estimate of drug-likeness (QED) is 0.842. The molecule has 0 aliphatic carbocycles. The molecule has 0 aromatic carbocycles. The summed E-state index contributed by atoms with van der Waals surface area (Å²) in [6.45, 7) is 9.17. The van der Waals surface area contributed by atoms with E-state index in [1.54, 1.807) is 12.3 Å². The van der Waals surface area contributed by atoms with Crippen LogP contribution in [-0.4, -0.2) is 50.0 Å². The molecule has 0 bridgehead atoms. The van der Waals surface area contributed by atoms with Crippen molar-refractivity contribution in [3.8, 4) is 0 Å². The standard InChI is InChI=1S/C18H26N6O2/c1-13(2)24-7-6-19-17(24)12-23-8-9-26-16(11-23)18-20-5-4-15(22-18)10-21-14(3)25/h4-7,13,16H,8-12H2,1-3H3,(H,21,25). The van der Waals surface area contributed by atoms with Gasteiger partial charge in [-0.15, -0.1) is 0 Å².